The molecule has 0 radical (unpaired) electrons. The summed E-state index contributed by atoms with van der Waals surface area (Å²) in [4.78, 5) is 15.8. The van der Waals surface area contributed by atoms with Gasteiger partial charge in [-0.1, -0.05) is 15.9 Å². The topological polar surface area (TPSA) is 32.8 Å². The average Bonchev–Trinajstić information content (AvgIpc) is 2.38. The second-order valence-electron chi connectivity index (χ2n) is 4.55. The highest BCUT2D eigenvalue weighted by Gasteiger charge is 2.19. The third-order valence-electron chi connectivity index (χ3n) is 3.10. The lowest BCUT2D eigenvalue weighted by atomic mass is 10.3. The fraction of sp³-hybridized carbons (Fsp3) is 0.462. The van der Waals surface area contributed by atoms with Gasteiger partial charge in [-0.2, -0.15) is 0 Å². The Labute approximate surface area is 120 Å². The number of amides is 1. The van der Waals surface area contributed by atoms with E-state index in [1.165, 1.54) is 12.1 Å². The maximum absolute atomic E-state index is 13.5. The lowest BCUT2D eigenvalue weighted by Gasteiger charge is -2.32. The molecule has 19 heavy (non-hydrogen) atoms. The fourth-order valence-electron chi connectivity index (χ4n) is 1.88. The van der Waals surface area contributed by atoms with Crippen LogP contribution in [0.25, 0.3) is 0 Å². The van der Waals surface area contributed by atoms with Crippen LogP contribution in [-0.4, -0.2) is 55.5 Å². The summed E-state index contributed by atoms with van der Waals surface area (Å²) >= 11 is 3.17. The fourth-order valence-corrected chi connectivity index (χ4v) is 2.21. The molecule has 1 saturated heterocycles. The number of nitrogens with zero attached hydrogens (tertiary/aromatic N) is 2. The Morgan fingerprint density at radius 1 is 1.37 bits per heavy atom. The van der Waals surface area contributed by atoms with Gasteiger partial charge >= 0.3 is 0 Å². The van der Waals surface area contributed by atoms with E-state index in [0.717, 1.165) is 13.1 Å². The van der Waals surface area contributed by atoms with Crippen LogP contribution in [0, 0.1) is 5.82 Å². The number of rotatable bonds is 3. The highest BCUT2D eigenvalue weighted by Crippen LogP contribution is 2.21. The largest absolute Gasteiger partial charge is 0.481 e. The molecule has 0 spiro atoms. The van der Waals surface area contributed by atoms with Crippen LogP contribution in [0.2, 0.25) is 0 Å². The first kappa shape index (κ1) is 14.3. The number of hydrogen-bond acceptors (Lipinski definition) is 3. The predicted molar refractivity (Wildman–Crippen MR) is 73.7 cm³/mol. The lowest BCUT2D eigenvalue weighted by Crippen LogP contribution is -2.48. The zero-order chi connectivity index (χ0) is 13.8. The van der Waals surface area contributed by atoms with E-state index in [0.29, 0.717) is 17.6 Å². The molecule has 0 aromatic heterocycles. The van der Waals surface area contributed by atoms with E-state index in [1.807, 2.05) is 7.05 Å². The second kappa shape index (κ2) is 6.34. The standard InChI is InChI=1S/C13H16BrFN2O2/c1-16-4-6-17(7-5-16)13(18)9-19-12-3-2-10(14)8-11(12)15/h2-3,8H,4-7,9H2,1H3. The molecule has 0 atom stereocenters. The second-order valence-corrected chi connectivity index (χ2v) is 5.46. The summed E-state index contributed by atoms with van der Waals surface area (Å²) in [6, 6.07) is 4.51. The van der Waals surface area contributed by atoms with E-state index in [4.69, 9.17) is 4.74 Å². The van der Waals surface area contributed by atoms with Gasteiger partial charge in [-0.25, -0.2) is 4.39 Å². The minimum absolute atomic E-state index is 0.101. The van der Waals surface area contributed by atoms with Crippen LogP contribution >= 0.6 is 15.9 Å². The van der Waals surface area contributed by atoms with Crippen molar-refractivity contribution in [1.29, 1.82) is 0 Å². The monoisotopic (exact) mass is 330 g/mol. The summed E-state index contributed by atoms with van der Waals surface area (Å²) in [5.41, 5.74) is 0. The number of likely N-dealkylation sites (N-methyl/N-ethyl adjacent to an activating group) is 1. The lowest BCUT2D eigenvalue weighted by molar-refractivity contribution is -0.134. The molecule has 1 aromatic rings. The molecule has 1 heterocycles. The number of piperazine rings is 1. The Morgan fingerprint density at radius 2 is 2.05 bits per heavy atom. The van der Waals surface area contributed by atoms with Crippen molar-refractivity contribution in [3.63, 3.8) is 0 Å². The number of carbonyl (C=O) groups excluding carboxylic acids is 1. The Morgan fingerprint density at radius 3 is 2.68 bits per heavy atom. The molecule has 1 fully saturated rings. The quantitative estimate of drug-likeness (QED) is 0.846. The molecule has 2 rings (SSSR count). The maximum atomic E-state index is 13.5. The molecule has 1 aliphatic heterocycles. The summed E-state index contributed by atoms with van der Waals surface area (Å²) in [6.45, 7) is 2.99. The van der Waals surface area contributed by atoms with Crippen LogP contribution in [0.15, 0.2) is 22.7 Å². The minimum Gasteiger partial charge on any atom is -0.481 e. The van der Waals surface area contributed by atoms with Gasteiger partial charge in [0.05, 0.1) is 0 Å². The molecule has 0 unspecified atom stereocenters. The van der Waals surface area contributed by atoms with Gasteiger partial charge in [-0.05, 0) is 25.2 Å². The molecule has 1 aliphatic rings. The zero-order valence-corrected chi connectivity index (χ0v) is 12.3. The van der Waals surface area contributed by atoms with Crippen molar-refractivity contribution in [2.75, 3.05) is 39.8 Å². The molecule has 104 valence electrons. The maximum Gasteiger partial charge on any atom is 0.260 e. The van der Waals surface area contributed by atoms with E-state index in [9.17, 15) is 9.18 Å². The van der Waals surface area contributed by atoms with Gasteiger partial charge in [-0.3, -0.25) is 4.79 Å². The molecule has 0 N–H and O–H groups in total. The van der Waals surface area contributed by atoms with Crippen molar-refractivity contribution < 1.29 is 13.9 Å². The highest BCUT2D eigenvalue weighted by molar-refractivity contribution is 9.10. The Bertz CT molecular complexity index is 462. The molecule has 0 aliphatic carbocycles. The van der Waals surface area contributed by atoms with Crippen molar-refractivity contribution >= 4 is 21.8 Å². The minimum atomic E-state index is -0.472. The van der Waals surface area contributed by atoms with Gasteiger partial charge in [-0.15, -0.1) is 0 Å². The summed E-state index contributed by atoms with van der Waals surface area (Å²) in [5.74, 6) is -0.471. The van der Waals surface area contributed by atoms with Crippen molar-refractivity contribution in [1.82, 2.24) is 9.80 Å². The molecular weight excluding hydrogens is 315 g/mol. The van der Waals surface area contributed by atoms with Crippen molar-refractivity contribution in [3.05, 3.63) is 28.5 Å². The molecule has 6 heteroatoms. The number of hydrogen-bond donors (Lipinski definition) is 0. The molecule has 4 nitrogen and oxygen atoms in total. The first-order valence-electron chi connectivity index (χ1n) is 6.10. The van der Waals surface area contributed by atoms with Crippen molar-refractivity contribution in [2.45, 2.75) is 0 Å². The highest BCUT2D eigenvalue weighted by atomic mass is 79.9. The third kappa shape index (κ3) is 3.91. The smallest absolute Gasteiger partial charge is 0.260 e. The van der Waals surface area contributed by atoms with Crippen LogP contribution in [-0.2, 0) is 4.79 Å². The summed E-state index contributed by atoms with van der Waals surface area (Å²) in [6.07, 6.45) is 0. The van der Waals surface area contributed by atoms with Gasteiger partial charge in [0.15, 0.2) is 18.2 Å². The van der Waals surface area contributed by atoms with Crippen molar-refractivity contribution in [2.24, 2.45) is 0 Å². The van der Waals surface area contributed by atoms with Crippen LogP contribution in [0.1, 0.15) is 0 Å². The number of halogens is 2. The van der Waals surface area contributed by atoms with Gasteiger partial charge in [0.1, 0.15) is 0 Å². The van der Waals surface area contributed by atoms with E-state index in [-0.39, 0.29) is 18.3 Å². The van der Waals surface area contributed by atoms with E-state index in [1.54, 1.807) is 11.0 Å². The van der Waals surface area contributed by atoms with Crippen molar-refractivity contribution in [3.8, 4) is 5.75 Å². The van der Waals surface area contributed by atoms with Gasteiger partial charge in [0, 0.05) is 30.7 Å². The normalized spacial score (nSPS) is 16.5. The van der Waals surface area contributed by atoms with Gasteiger partial charge in [0.25, 0.3) is 5.91 Å². The summed E-state index contributed by atoms with van der Waals surface area (Å²) in [5, 5.41) is 0. The Kier molecular flexibility index (Phi) is 4.76. The predicted octanol–water partition coefficient (Wildman–Crippen LogP) is 1.74. The van der Waals surface area contributed by atoms with Crippen LogP contribution in [0.5, 0.6) is 5.75 Å². The molecule has 0 bridgehead atoms. The number of carbonyl (C=O) groups is 1. The van der Waals surface area contributed by atoms with E-state index in [2.05, 4.69) is 20.8 Å². The molecular formula is C13H16BrFN2O2. The molecule has 1 amide bonds. The number of ether oxygens (including phenoxy) is 1. The van der Waals surface area contributed by atoms with Crippen LogP contribution in [0.4, 0.5) is 4.39 Å². The average molecular weight is 331 g/mol. The van der Waals surface area contributed by atoms with Crippen LogP contribution < -0.4 is 4.74 Å². The first-order valence-corrected chi connectivity index (χ1v) is 6.90. The molecule has 1 aromatic carbocycles. The van der Waals surface area contributed by atoms with Gasteiger partial charge < -0.3 is 14.5 Å². The van der Waals surface area contributed by atoms with E-state index >= 15 is 0 Å². The number of benzene rings is 1. The van der Waals surface area contributed by atoms with Crippen LogP contribution in [0.3, 0.4) is 0 Å². The summed E-state index contributed by atoms with van der Waals surface area (Å²) in [7, 11) is 2.02. The Balaban J connectivity index is 1.86. The SMILES string of the molecule is CN1CCN(C(=O)COc2ccc(Br)cc2F)CC1. The van der Waals surface area contributed by atoms with Gasteiger partial charge in [0.2, 0.25) is 0 Å². The first-order chi connectivity index (χ1) is 9.06. The molecule has 0 saturated carbocycles. The Hall–Kier alpha value is -1.14. The summed E-state index contributed by atoms with van der Waals surface area (Å²) < 4.78 is 19.4. The zero-order valence-electron chi connectivity index (χ0n) is 10.7. The third-order valence-corrected chi connectivity index (χ3v) is 3.59. The van der Waals surface area contributed by atoms with E-state index < -0.39 is 5.82 Å².